The highest BCUT2D eigenvalue weighted by atomic mass is 35.5. The molecule has 2 heteroatoms. The molecule has 0 saturated heterocycles. The Morgan fingerprint density at radius 1 is 1.75 bits per heavy atom. The lowest BCUT2D eigenvalue weighted by molar-refractivity contribution is 0.321. The zero-order valence-corrected chi connectivity index (χ0v) is 3.05. The van der Waals surface area contributed by atoms with Crippen LogP contribution in [0.15, 0.2) is 0 Å². The molecule has 0 bridgehead atoms. The molecule has 2 N–H and O–H groups in total. The first kappa shape index (κ1) is 4.25. The second kappa shape index (κ2) is 3.25. The summed E-state index contributed by atoms with van der Waals surface area (Å²) in [4.78, 5) is 0. The molecule has 0 amide bonds. The van der Waals surface area contributed by atoms with E-state index in [1.54, 1.807) is 0 Å². The van der Waals surface area contributed by atoms with Crippen molar-refractivity contribution in [2.24, 2.45) is 0 Å². The summed E-state index contributed by atoms with van der Waals surface area (Å²) in [5.74, 6) is 0.458. The van der Waals surface area contributed by atoms with Gasteiger partial charge in [0.25, 0.3) is 0 Å². The highest BCUT2D eigenvalue weighted by molar-refractivity contribution is 6.17. The van der Waals surface area contributed by atoms with E-state index in [9.17, 15) is 0 Å². The third-order valence-corrected chi connectivity index (χ3v) is 0.283. The molecule has 0 atom stereocenters. The quantitative estimate of drug-likeness (QED) is 0.312. The molecule has 0 aliphatic heterocycles. The summed E-state index contributed by atoms with van der Waals surface area (Å²) in [7, 11) is 0. The van der Waals surface area contributed by atoms with E-state index >= 15 is 0 Å². The molecule has 0 fully saturated rings. The fourth-order valence-corrected chi connectivity index (χ4v) is 0. The van der Waals surface area contributed by atoms with Crippen LogP contribution in [-0.2, 0) is 0 Å². The monoisotopic (exact) mass is 81.0 g/mol. The SMILES string of the molecule is [OH2+]CCCl. The van der Waals surface area contributed by atoms with E-state index in [-0.39, 0.29) is 0 Å². The zero-order valence-electron chi connectivity index (χ0n) is 2.29. The highest BCUT2D eigenvalue weighted by Gasteiger charge is 1.65. The lowest BCUT2D eigenvalue weighted by atomic mass is 10.9. The normalized spacial score (nSPS) is 7.50. The Bertz CT molecular complexity index is 8.00. The minimum Gasteiger partial charge on any atom is -0.445 e. The molecule has 0 heterocycles. The molecule has 0 spiro atoms. The molecule has 26 valence electrons. The summed E-state index contributed by atoms with van der Waals surface area (Å²) < 4.78 is 0. The first-order valence-electron chi connectivity index (χ1n) is 1.12. The van der Waals surface area contributed by atoms with Gasteiger partial charge in [-0.3, -0.25) is 0 Å². The Morgan fingerprint density at radius 2 is 2.00 bits per heavy atom. The van der Waals surface area contributed by atoms with Crippen LogP contribution in [0.3, 0.4) is 0 Å². The first-order valence-corrected chi connectivity index (χ1v) is 1.66. The van der Waals surface area contributed by atoms with Crippen LogP contribution in [0.4, 0.5) is 0 Å². The van der Waals surface area contributed by atoms with Gasteiger partial charge in [0.1, 0.15) is 0 Å². The van der Waals surface area contributed by atoms with Crippen molar-refractivity contribution in [3.8, 4) is 0 Å². The molecule has 0 aromatic heterocycles. The molecule has 0 aliphatic rings. The van der Waals surface area contributed by atoms with Crippen molar-refractivity contribution in [2.45, 2.75) is 0 Å². The zero-order chi connectivity index (χ0) is 3.41. The molecular formula is C2H6ClO+. The number of hydrogen-bond donors (Lipinski definition) is 0. The van der Waals surface area contributed by atoms with E-state index in [1.807, 2.05) is 0 Å². The Hall–Kier alpha value is 0.250. The van der Waals surface area contributed by atoms with Crippen LogP contribution in [0.5, 0.6) is 0 Å². The van der Waals surface area contributed by atoms with Crippen molar-refractivity contribution < 1.29 is 5.11 Å². The molecule has 1 nitrogen and oxygen atoms in total. The van der Waals surface area contributed by atoms with Gasteiger partial charge in [0.05, 0.1) is 5.88 Å². The first-order chi connectivity index (χ1) is 1.91. The van der Waals surface area contributed by atoms with Gasteiger partial charge in [-0.15, -0.1) is 11.6 Å². The molecule has 0 aromatic carbocycles. The van der Waals surface area contributed by atoms with Crippen LogP contribution in [-0.4, -0.2) is 17.6 Å². The Kier molecular flexibility index (Phi) is 3.45. The number of hydrogen-bond acceptors (Lipinski definition) is 0. The molecular weight excluding hydrogens is 75.5 g/mol. The summed E-state index contributed by atoms with van der Waals surface area (Å²) >= 11 is 5.00. The molecule has 0 rings (SSSR count). The highest BCUT2D eigenvalue weighted by Crippen LogP contribution is 1.63. The molecule has 0 aliphatic carbocycles. The molecule has 4 heavy (non-hydrogen) atoms. The van der Waals surface area contributed by atoms with Crippen LogP contribution < -0.4 is 0 Å². The second-order valence-electron chi connectivity index (χ2n) is 0.439. The van der Waals surface area contributed by atoms with E-state index in [4.69, 9.17) is 16.7 Å². The minimum atomic E-state index is 0.335. The standard InChI is InChI=1S/C2H5ClO/c3-1-2-4/h4H,1-2H2/p+1. The van der Waals surface area contributed by atoms with Crippen molar-refractivity contribution in [2.75, 3.05) is 12.5 Å². The lowest BCUT2D eigenvalue weighted by Crippen LogP contribution is -1.76. The van der Waals surface area contributed by atoms with Crippen molar-refractivity contribution in [3.05, 3.63) is 0 Å². The third-order valence-electron chi connectivity index (χ3n) is 0.0945. The molecule has 0 saturated carbocycles. The predicted octanol–water partition coefficient (Wildman–Crippen LogP) is -0.0502. The van der Waals surface area contributed by atoms with Gasteiger partial charge >= 0.3 is 0 Å². The summed E-state index contributed by atoms with van der Waals surface area (Å²) in [5, 5.41) is 6.32. The summed E-state index contributed by atoms with van der Waals surface area (Å²) in [6.07, 6.45) is 0. The van der Waals surface area contributed by atoms with Crippen molar-refractivity contribution in [3.63, 3.8) is 0 Å². The van der Waals surface area contributed by atoms with Crippen molar-refractivity contribution in [1.29, 1.82) is 0 Å². The Labute approximate surface area is 30.2 Å². The maximum Gasteiger partial charge on any atom is 0.157 e. The van der Waals surface area contributed by atoms with Gasteiger partial charge < -0.3 is 5.11 Å². The van der Waals surface area contributed by atoms with Gasteiger partial charge in [-0.05, 0) is 0 Å². The van der Waals surface area contributed by atoms with Crippen LogP contribution >= 0.6 is 11.6 Å². The van der Waals surface area contributed by atoms with Gasteiger partial charge in [-0.1, -0.05) is 0 Å². The minimum absolute atomic E-state index is 0.335. The Balaban J connectivity index is 1.97. The van der Waals surface area contributed by atoms with E-state index in [2.05, 4.69) is 0 Å². The fraction of sp³-hybridized carbons (Fsp3) is 1.00. The van der Waals surface area contributed by atoms with Gasteiger partial charge in [0, 0.05) is 0 Å². The topological polar surface area (TPSA) is 22.9 Å². The van der Waals surface area contributed by atoms with E-state index in [1.165, 1.54) is 0 Å². The maximum absolute atomic E-state index is 6.32. The van der Waals surface area contributed by atoms with Crippen LogP contribution in [0.1, 0.15) is 0 Å². The largest absolute Gasteiger partial charge is 0.445 e. The maximum atomic E-state index is 6.32. The van der Waals surface area contributed by atoms with Crippen LogP contribution in [0, 0.1) is 0 Å². The van der Waals surface area contributed by atoms with Crippen LogP contribution in [0.2, 0.25) is 0 Å². The lowest BCUT2D eigenvalue weighted by Gasteiger charge is -1.63. The fourth-order valence-electron chi connectivity index (χ4n) is 0. The summed E-state index contributed by atoms with van der Waals surface area (Å²) in [6, 6.07) is 0. The van der Waals surface area contributed by atoms with E-state index < -0.39 is 0 Å². The smallest absolute Gasteiger partial charge is 0.157 e. The van der Waals surface area contributed by atoms with E-state index in [0.29, 0.717) is 12.5 Å². The average molecular weight is 81.5 g/mol. The van der Waals surface area contributed by atoms with Gasteiger partial charge in [0.15, 0.2) is 6.61 Å². The Morgan fingerprint density at radius 3 is 2.00 bits per heavy atom. The predicted molar refractivity (Wildman–Crippen MR) is 19.2 cm³/mol. The van der Waals surface area contributed by atoms with E-state index in [0.717, 1.165) is 0 Å². The second-order valence-corrected chi connectivity index (χ2v) is 0.817. The van der Waals surface area contributed by atoms with Crippen molar-refractivity contribution >= 4 is 11.6 Å². The summed E-state index contributed by atoms with van der Waals surface area (Å²) in [5.41, 5.74) is 0. The molecule has 0 unspecified atom stereocenters. The summed E-state index contributed by atoms with van der Waals surface area (Å²) in [6.45, 7) is 0.335. The van der Waals surface area contributed by atoms with Gasteiger partial charge in [0.2, 0.25) is 0 Å². The van der Waals surface area contributed by atoms with Gasteiger partial charge in [-0.2, -0.15) is 0 Å². The molecule has 0 aromatic rings. The third kappa shape index (κ3) is 2.25. The molecule has 0 radical (unpaired) electrons. The number of halogens is 1. The van der Waals surface area contributed by atoms with Crippen molar-refractivity contribution in [1.82, 2.24) is 0 Å². The number of alkyl halides is 1. The number of rotatable bonds is 1. The van der Waals surface area contributed by atoms with Gasteiger partial charge in [-0.25, -0.2) is 0 Å². The van der Waals surface area contributed by atoms with Crippen LogP contribution in [0.25, 0.3) is 0 Å². The average Bonchev–Trinajstić information content (AvgIpc) is 1.37.